The summed E-state index contributed by atoms with van der Waals surface area (Å²) in [6, 6.07) is 7.94. The Morgan fingerprint density at radius 1 is 1.29 bits per heavy atom. The maximum absolute atomic E-state index is 12.3. The van der Waals surface area contributed by atoms with Crippen molar-refractivity contribution in [2.45, 2.75) is 25.8 Å². The van der Waals surface area contributed by atoms with Crippen molar-refractivity contribution in [2.75, 3.05) is 11.9 Å². The van der Waals surface area contributed by atoms with Gasteiger partial charge in [-0.2, -0.15) is 15.0 Å². The minimum absolute atomic E-state index is 0.0914. The van der Waals surface area contributed by atoms with E-state index >= 15 is 0 Å². The van der Waals surface area contributed by atoms with E-state index in [1.165, 1.54) is 0 Å². The number of anilines is 1. The molecule has 21 heavy (non-hydrogen) atoms. The van der Waals surface area contributed by atoms with E-state index in [0.29, 0.717) is 6.04 Å². The highest BCUT2D eigenvalue weighted by molar-refractivity contribution is 5.92. The molecule has 0 aliphatic carbocycles. The van der Waals surface area contributed by atoms with E-state index in [4.69, 9.17) is 0 Å². The maximum Gasteiger partial charge on any atom is 0.227 e. The van der Waals surface area contributed by atoms with Crippen LogP contribution in [0.25, 0.3) is 5.69 Å². The molecule has 1 aromatic carbocycles. The first-order valence-electron chi connectivity index (χ1n) is 7.23. The third-order valence-electron chi connectivity index (χ3n) is 3.78. The minimum Gasteiger partial charge on any atom is -0.326 e. The van der Waals surface area contributed by atoms with Gasteiger partial charge in [-0.05, 0) is 50.6 Å². The summed E-state index contributed by atoms with van der Waals surface area (Å²) in [6.45, 7) is 3.02. The number of hydrogen-bond donors (Lipinski definition) is 2. The van der Waals surface area contributed by atoms with Crippen molar-refractivity contribution in [3.63, 3.8) is 0 Å². The van der Waals surface area contributed by atoms with Gasteiger partial charge in [-0.25, -0.2) is 0 Å². The lowest BCUT2D eigenvalue weighted by Crippen LogP contribution is -2.40. The van der Waals surface area contributed by atoms with Gasteiger partial charge in [0.1, 0.15) is 0 Å². The van der Waals surface area contributed by atoms with Gasteiger partial charge in [0, 0.05) is 17.6 Å². The minimum atomic E-state index is 0.0914. The Balaban J connectivity index is 1.63. The largest absolute Gasteiger partial charge is 0.326 e. The van der Waals surface area contributed by atoms with Crippen LogP contribution in [0.15, 0.2) is 36.7 Å². The second-order valence-corrected chi connectivity index (χ2v) is 5.43. The molecule has 0 saturated carbocycles. The Hall–Kier alpha value is -2.21. The fourth-order valence-corrected chi connectivity index (χ4v) is 2.64. The summed E-state index contributed by atoms with van der Waals surface area (Å²) in [7, 11) is 0. The number of nitrogens with one attached hydrogen (secondary N) is 2. The molecular weight excluding hydrogens is 266 g/mol. The summed E-state index contributed by atoms with van der Waals surface area (Å²) in [5.74, 6) is 0.196. The molecule has 1 fully saturated rings. The molecule has 0 radical (unpaired) electrons. The first-order valence-corrected chi connectivity index (χ1v) is 7.23. The summed E-state index contributed by atoms with van der Waals surface area (Å²) >= 11 is 0. The van der Waals surface area contributed by atoms with Gasteiger partial charge in [0.05, 0.1) is 18.1 Å². The Morgan fingerprint density at radius 3 is 2.67 bits per heavy atom. The van der Waals surface area contributed by atoms with E-state index in [0.717, 1.165) is 30.8 Å². The van der Waals surface area contributed by atoms with Gasteiger partial charge in [-0.15, -0.1) is 0 Å². The van der Waals surface area contributed by atoms with E-state index in [-0.39, 0.29) is 11.8 Å². The lowest BCUT2D eigenvalue weighted by atomic mass is 9.92. The van der Waals surface area contributed by atoms with Crippen LogP contribution in [-0.2, 0) is 4.79 Å². The van der Waals surface area contributed by atoms with Crippen LogP contribution in [0.1, 0.15) is 19.8 Å². The molecule has 1 aliphatic rings. The predicted molar refractivity (Wildman–Crippen MR) is 80.2 cm³/mol. The Labute approximate surface area is 123 Å². The number of carbonyl (C=O) groups is 1. The second-order valence-electron chi connectivity index (χ2n) is 5.43. The molecule has 110 valence electrons. The van der Waals surface area contributed by atoms with Crippen LogP contribution >= 0.6 is 0 Å². The zero-order chi connectivity index (χ0) is 14.7. The molecule has 2 atom stereocenters. The Kier molecular flexibility index (Phi) is 3.96. The van der Waals surface area contributed by atoms with E-state index in [9.17, 15) is 4.79 Å². The van der Waals surface area contributed by atoms with Gasteiger partial charge in [0.15, 0.2) is 0 Å². The first kappa shape index (κ1) is 13.8. The van der Waals surface area contributed by atoms with Gasteiger partial charge in [0.25, 0.3) is 0 Å². The van der Waals surface area contributed by atoms with E-state index in [1.807, 2.05) is 24.3 Å². The highest BCUT2D eigenvalue weighted by atomic mass is 16.1. The van der Waals surface area contributed by atoms with Crippen molar-refractivity contribution in [1.82, 2.24) is 20.3 Å². The monoisotopic (exact) mass is 285 g/mol. The maximum atomic E-state index is 12.3. The summed E-state index contributed by atoms with van der Waals surface area (Å²) in [6.07, 6.45) is 5.05. The van der Waals surface area contributed by atoms with Crippen LogP contribution in [0.4, 0.5) is 5.69 Å². The average Bonchev–Trinajstić information content (AvgIpc) is 3.02. The zero-order valence-corrected chi connectivity index (χ0v) is 12.0. The number of benzene rings is 1. The highest BCUT2D eigenvalue weighted by Crippen LogP contribution is 2.19. The molecule has 1 aliphatic heterocycles. The third kappa shape index (κ3) is 3.28. The smallest absolute Gasteiger partial charge is 0.227 e. The molecule has 1 amide bonds. The third-order valence-corrected chi connectivity index (χ3v) is 3.78. The normalized spacial score (nSPS) is 22.0. The van der Waals surface area contributed by atoms with Crippen LogP contribution in [-0.4, -0.2) is 33.5 Å². The second kappa shape index (κ2) is 6.05. The molecule has 6 nitrogen and oxygen atoms in total. The van der Waals surface area contributed by atoms with E-state index in [1.54, 1.807) is 17.2 Å². The van der Waals surface area contributed by atoms with Crippen molar-refractivity contribution in [3.8, 4) is 5.69 Å². The molecular formula is C15H19N5O. The standard InChI is InChI=1S/C15H19N5O/c1-11-10-12(6-7-16-11)15(21)19-13-2-4-14(5-3-13)20-17-8-9-18-20/h2-5,8-9,11-12,16H,6-7,10H2,1H3,(H,19,21)/t11-,12-/m0/s1. The number of amides is 1. The number of carbonyl (C=O) groups excluding carboxylic acids is 1. The Bertz CT molecular complexity index is 593. The van der Waals surface area contributed by atoms with Crippen molar-refractivity contribution >= 4 is 11.6 Å². The first-order chi connectivity index (χ1) is 10.2. The lowest BCUT2D eigenvalue weighted by Gasteiger charge is -2.27. The topological polar surface area (TPSA) is 71.8 Å². The molecule has 1 aromatic heterocycles. The lowest BCUT2D eigenvalue weighted by molar-refractivity contribution is -0.120. The zero-order valence-electron chi connectivity index (χ0n) is 12.0. The fourth-order valence-electron chi connectivity index (χ4n) is 2.64. The Morgan fingerprint density at radius 2 is 2.00 bits per heavy atom. The van der Waals surface area contributed by atoms with Crippen LogP contribution in [0, 0.1) is 5.92 Å². The van der Waals surface area contributed by atoms with Crippen molar-refractivity contribution in [3.05, 3.63) is 36.7 Å². The molecule has 1 saturated heterocycles. The summed E-state index contributed by atoms with van der Waals surface area (Å²) in [5.41, 5.74) is 1.68. The molecule has 2 heterocycles. The predicted octanol–water partition coefficient (Wildman–Crippen LogP) is 1.59. The molecule has 0 bridgehead atoms. The van der Waals surface area contributed by atoms with Crippen LogP contribution in [0.2, 0.25) is 0 Å². The average molecular weight is 285 g/mol. The van der Waals surface area contributed by atoms with Crippen LogP contribution in [0.3, 0.4) is 0 Å². The fraction of sp³-hybridized carbons (Fsp3) is 0.400. The van der Waals surface area contributed by atoms with Crippen molar-refractivity contribution in [2.24, 2.45) is 5.92 Å². The SMILES string of the molecule is C[C@H]1C[C@@H](C(=O)Nc2ccc(-n3nccn3)cc2)CCN1. The molecule has 3 rings (SSSR count). The van der Waals surface area contributed by atoms with Gasteiger partial charge in [0.2, 0.25) is 5.91 Å². The van der Waals surface area contributed by atoms with Gasteiger partial charge >= 0.3 is 0 Å². The number of rotatable bonds is 3. The number of aromatic nitrogens is 3. The summed E-state index contributed by atoms with van der Waals surface area (Å²) in [5, 5.41) is 14.5. The summed E-state index contributed by atoms with van der Waals surface area (Å²) in [4.78, 5) is 13.8. The molecule has 0 unspecified atom stereocenters. The highest BCUT2D eigenvalue weighted by Gasteiger charge is 2.24. The molecule has 0 spiro atoms. The number of nitrogens with zero attached hydrogens (tertiary/aromatic N) is 3. The quantitative estimate of drug-likeness (QED) is 0.898. The van der Waals surface area contributed by atoms with Crippen molar-refractivity contribution < 1.29 is 4.79 Å². The van der Waals surface area contributed by atoms with Gasteiger partial charge in [-0.1, -0.05) is 0 Å². The molecule has 2 aromatic rings. The summed E-state index contributed by atoms with van der Waals surface area (Å²) < 4.78 is 0. The van der Waals surface area contributed by atoms with E-state index < -0.39 is 0 Å². The number of piperidine rings is 1. The van der Waals surface area contributed by atoms with Gasteiger partial charge in [-0.3, -0.25) is 4.79 Å². The molecule has 2 N–H and O–H groups in total. The van der Waals surface area contributed by atoms with Crippen molar-refractivity contribution in [1.29, 1.82) is 0 Å². The van der Waals surface area contributed by atoms with E-state index in [2.05, 4.69) is 27.8 Å². The number of hydrogen-bond acceptors (Lipinski definition) is 4. The van der Waals surface area contributed by atoms with Crippen LogP contribution in [0.5, 0.6) is 0 Å². The molecule has 6 heteroatoms. The van der Waals surface area contributed by atoms with Crippen LogP contribution < -0.4 is 10.6 Å². The van der Waals surface area contributed by atoms with Gasteiger partial charge < -0.3 is 10.6 Å².